The van der Waals surface area contributed by atoms with E-state index in [0.29, 0.717) is 16.5 Å². The summed E-state index contributed by atoms with van der Waals surface area (Å²) in [4.78, 5) is 29.6. The third-order valence-electron chi connectivity index (χ3n) is 4.79. The Labute approximate surface area is 183 Å². The lowest BCUT2D eigenvalue weighted by Crippen LogP contribution is -2.10. The molecule has 1 N–H and O–H groups in total. The number of nitrogens with zero attached hydrogens (tertiary/aromatic N) is 1. The molecule has 2 aromatic heterocycles. The smallest absolute Gasteiger partial charge is 0.293 e. The molecule has 4 aromatic rings. The molecule has 0 bridgehead atoms. The number of Topliss-reactive ketones (excluding diaryl/α,β-unsaturated/α-hetero) is 1. The van der Waals surface area contributed by atoms with Crippen molar-refractivity contribution < 1.29 is 18.7 Å². The van der Waals surface area contributed by atoms with Gasteiger partial charge >= 0.3 is 0 Å². The molecule has 0 aliphatic heterocycles. The van der Waals surface area contributed by atoms with E-state index in [0.717, 1.165) is 27.4 Å². The van der Waals surface area contributed by atoms with Crippen molar-refractivity contribution in [2.24, 2.45) is 0 Å². The fourth-order valence-corrected chi connectivity index (χ4v) is 3.94. The number of furan rings is 1. The van der Waals surface area contributed by atoms with Crippen molar-refractivity contribution in [3.63, 3.8) is 0 Å². The first kappa shape index (κ1) is 20.6. The van der Waals surface area contributed by atoms with Crippen molar-refractivity contribution in [3.8, 4) is 28.3 Å². The topological polar surface area (TPSA) is 81.4 Å². The molecule has 0 aliphatic carbocycles. The van der Waals surface area contributed by atoms with Gasteiger partial charge in [-0.1, -0.05) is 24.3 Å². The molecule has 0 fully saturated rings. The summed E-state index contributed by atoms with van der Waals surface area (Å²) in [5.41, 5.74) is 3.18. The van der Waals surface area contributed by atoms with Crippen molar-refractivity contribution in [2.45, 2.75) is 13.8 Å². The summed E-state index contributed by atoms with van der Waals surface area (Å²) in [5, 5.41) is 3.30. The molecule has 0 unspecified atom stereocenters. The number of carbonyl (C=O) groups excluding carboxylic acids is 2. The summed E-state index contributed by atoms with van der Waals surface area (Å²) >= 11 is 1.40. The summed E-state index contributed by atoms with van der Waals surface area (Å²) in [6.07, 6.45) is 0. The standard InChI is InChI=1S/C24H20N2O4S/c1-14(27)16-4-6-17(7-5-16)20-12-13-21(30-20)23(28)26-24-25-22(15(2)31-24)18-8-10-19(29-3)11-9-18/h4-13H,1-3H3,(H,25,26,28). The molecule has 0 radical (unpaired) electrons. The number of hydrogen-bond acceptors (Lipinski definition) is 6. The molecule has 0 atom stereocenters. The van der Waals surface area contributed by atoms with Gasteiger partial charge in [-0.05, 0) is 50.2 Å². The molecule has 156 valence electrons. The number of methoxy groups -OCH3 is 1. The SMILES string of the molecule is COc1ccc(-c2nc(NC(=O)c3ccc(-c4ccc(C(C)=O)cc4)o3)sc2C)cc1. The van der Waals surface area contributed by atoms with Crippen LogP contribution in [-0.4, -0.2) is 23.8 Å². The van der Waals surface area contributed by atoms with E-state index >= 15 is 0 Å². The molecule has 0 aliphatic rings. The van der Waals surface area contributed by atoms with Gasteiger partial charge in [0.25, 0.3) is 5.91 Å². The molecule has 7 heteroatoms. The second-order valence-corrected chi connectivity index (χ2v) is 8.11. The Morgan fingerprint density at radius 3 is 2.29 bits per heavy atom. The average molecular weight is 433 g/mol. The van der Waals surface area contributed by atoms with Crippen LogP contribution in [0.5, 0.6) is 5.75 Å². The van der Waals surface area contributed by atoms with Crippen molar-refractivity contribution in [3.05, 3.63) is 76.9 Å². The largest absolute Gasteiger partial charge is 0.497 e. The van der Waals surface area contributed by atoms with Crippen LogP contribution in [0.4, 0.5) is 5.13 Å². The van der Waals surface area contributed by atoms with Crippen molar-refractivity contribution in [1.29, 1.82) is 0 Å². The van der Waals surface area contributed by atoms with Crippen LogP contribution in [-0.2, 0) is 0 Å². The summed E-state index contributed by atoms with van der Waals surface area (Å²) in [6.45, 7) is 3.48. The van der Waals surface area contributed by atoms with Gasteiger partial charge in [0, 0.05) is 21.6 Å². The minimum Gasteiger partial charge on any atom is -0.497 e. The molecule has 4 rings (SSSR count). The molecule has 6 nitrogen and oxygen atoms in total. The lowest BCUT2D eigenvalue weighted by Gasteiger charge is -2.02. The summed E-state index contributed by atoms with van der Waals surface area (Å²) in [5.74, 6) is 1.13. The van der Waals surface area contributed by atoms with Gasteiger partial charge in [0.05, 0.1) is 12.8 Å². The number of amides is 1. The van der Waals surface area contributed by atoms with Crippen LogP contribution in [0.2, 0.25) is 0 Å². The lowest BCUT2D eigenvalue weighted by molar-refractivity contribution is 0.0994. The van der Waals surface area contributed by atoms with Crippen LogP contribution in [0.25, 0.3) is 22.6 Å². The fraction of sp³-hybridized carbons (Fsp3) is 0.125. The maximum atomic E-state index is 12.6. The maximum Gasteiger partial charge on any atom is 0.293 e. The van der Waals surface area contributed by atoms with Crippen LogP contribution in [0, 0.1) is 6.92 Å². The number of hydrogen-bond donors (Lipinski definition) is 1. The molecular formula is C24H20N2O4S. The van der Waals surface area contributed by atoms with Crippen LogP contribution >= 0.6 is 11.3 Å². The monoisotopic (exact) mass is 432 g/mol. The van der Waals surface area contributed by atoms with Gasteiger partial charge in [-0.2, -0.15) is 0 Å². The first-order chi connectivity index (χ1) is 14.9. The van der Waals surface area contributed by atoms with E-state index in [4.69, 9.17) is 9.15 Å². The van der Waals surface area contributed by atoms with Gasteiger partial charge in [-0.25, -0.2) is 4.98 Å². The molecule has 0 saturated carbocycles. The van der Waals surface area contributed by atoms with E-state index in [1.807, 2.05) is 31.2 Å². The quantitative estimate of drug-likeness (QED) is 0.387. The Balaban J connectivity index is 1.49. The van der Waals surface area contributed by atoms with Crippen LogP contribution in [0.15, 0.2) is 65.1 Å². The van der Waals surface area contributed by atoms with Gasteiger partial charge < -0.3 is 9.15 Å². The van der Waals surface area contributed by atoms with Gasteiger partial charge in [0.1, 0.15) is 11.5 Å². The van der Waals surface area contributed by atoms with Gasteiger partial charge in [0.15, 0.2) is 16.7 Å². The number of benzene rings is 2. The third kappa shape index (κ3) is 4.41. The van der Waals surface area contributed by atoms with Crippen molar-refractivity contribution in [2.75, 3.05) is 12.4 Å². The number of carbonyl (C=O) groups is 2. The molecule has 0 spiro atoms. The lowest BCUT2D eigenvalue weighted by atomic mass is 10.1. The zero-order valence-electron chi connectivity index (χ0n) is 17.3. The van der Waals surface area contributed by atoms with Crippen molar-refractivity contribution >= 4 is 28.2 Å². The predicted octanol–water partition coefficient (Wildman–Crippen LogP) is 5.84. The highest BCUT2D eigenvalue weighted by Crippen LogP contribution is 2.32. The molecule has 31 heavy (non-hydrogen) atoms. The Kier molecular flexibility index (Phi) is 5.68. The number of rotatable bonds is 6. The summed E-state index contributed by atoms with van der Waals surface area (Å²) in [6, 6.07) is 18.0. The number of anilines is 1. The summed E-state index contributed by atoms with van der Waals surface area (Å²) < 4.78 is 10.9. The van der Waals surface area contributed by atoms with Crippen molar-refractivity contribution in [1.82, 2.24) is 4.98 Å². The zero-order valence-corrected chi connectivity index (χ0v) is 18.1. The second-order valence-electron chi connectivity index (χ2n) is 6.90. The first-order valence-electron chi connectivity index (χ1n) is 9.59. The number of ether oxygens (including phenoxy) is 1. The van der Waals surface area contributed by atoms with E-state index in [1.165, 1.54) is 18.3 Å². The van der Waals surface area contributed by atoms with Gasteiger partial charge in [-0.15, -0.1) is 11.3 Å². The number of aryl methyl sites for hydroxylation is 1. The Hall–Kier alpha value is -3.71. The Morgan fingerprint density at radius 1 is 0.968 bits per heavy atom. The number of thiazole rings is 1. The highest BCUT2D eigenvalue weighted by atomic mass is 32.1. The first-order valence-corrected chi connectivity index (χ1v) is 10.4. The zero-order chi connectivity index (χ0) is 22.0. The van der Waals surface area contributed by atoms with E-state index < -0.39 is 0 Å². The number of nitrogens with one attached hydrogen (secondary N) is 1. The van der Waals surface area contributed by atoms with Gasteiger partial charge in [-0.3, -0.25) is 14.9 Å². The van der Waals surface area contributed by atoms with Crippen LogP contribution < -0.4 is 10.1 Å². The molecular weight excluding hydrogens is 412 g/mol. The molecule has 0 saturated heterocycles. The Morgan fingerprint density at radius 2 is 1.65 bits per heavy atom. The number of ketones is 1. The minimum absolute atomic E-state index is 0.00110. The highest BCUT2D eigenvalue weighted by Gasteiger charge is 2.16. The average Bonchev–Trinajstić information content (AvgIpc) is 3.41. The molecule has 2 heterocycles. The molecule has 2 aromatic carbocycles. The molecule has 1 amide bonds. The second kappa shape index (κ2) is 8.57. The highest BCUT2D eigenvalue weighted by molar-refractivity contribution is 7.16. The predicted molar refractivity (Wildman–Crippen MR) is 121 cm³/mol. The van der Waals surface area contributed by atoms with Crippen LogP contribution in [0.3, 0.4) is 0 Å². The van der Waals surface area contributed by atoms with E-state index in [9.17, 15) is 9.59 Å². The normalized spacial score (nSPS) is 10.7. The fourth-order valence-electron chi connectivity index (χ4n) is 3.11. The minimum atomic E-state index is -0.373. The van der Waals surface area contributed by atoms with Gasteiger partial charge in [0.2, 0.25) is 0 Å². The van der Waals surface area contributed by atoms with E-state index in [2.05, 4.69) is 10.3 Å². The Bertz CT molecular complexity index is 1240. The summed E-state index contributed by atoms with van der Waals surface area (Å²) in [7, 11) is 1.62. The third-order valence-corrected chi connectivity index (χ3v) is 5.67. The van der Waals surface area contributed by atoms with E-state index in [-0.39, 0.29) is 17.5 Å². The number of aromatic nitrogens is 1. The van der Waals surface area contributed by atoms with Crippen LogP contribution in [0.1, 0.15) is 32.7 Å². The van der Waals surface area contributed by atoms with E-state index in [1.54, 1.807) is 43.5 Å². The maximum absolute atomic E-state index is 12.6.